The molecule has 1 unspecified atom stereocenters. The molecule has 4 nitrogen and oxygen atoms in total. The summed E-state index contributed by atoms with van der Waals surface area (Å²) >= 11 is 2.62. The Bertz CT molecular complexity index is 621. The molecule has 0 aliphatic carbocycles. The number of rotatable bonds is 4. The quantitative estimate of drug-likeness (QED) is 0.734. The molecular weight excluding hydrogens is 381 g/mol. The van der Waals surface area contributed by atoms with E-state index in [0.717, 1.165) is 13.8 Å². The van der Waals surface area contributed by atoms with E-state index in [2.05, 4.69) is 20.9 Å². The van der Waals surface area contributed by atoms with Crippen LogP contribution in [0.4, 0.5) is 22.1 Å². The molecule has 0 aliphatic rings. The fraction of sp³-hybridized carbons (Fsp3) is 0.500. The molecule has 0 N–H and O–H groups in total. The molecule has 10 heteroatoms. The van der Waals surface area contributed by atoms with Crippen LogP contribution in [0.2, 0.25) is 0 Å². The van der Waals surface area contributed by atoms with Crippen LogP contribution in [0.25, 0.3) is 0 Å². The second-order valence-electron chi connectivity index (χ2n) is 5.11. The zero-order valence-corrected chi connectivity index (χ0v) is 13.0. The Morgan fingerprint density at radius 3 is 2.32 bits per heavy atom. The average Bonchev–Trinajstić information content (AvgIpc) is 2.35. The van der Waals surface area contributed by atoms with Crippen molar-refractivity contribution in [2.75, 3.05) is 0 Å². The monoisotopic (exact) mass is 391 g/mol. The summed E-state index contributed by atoms with van der Waals surface area (Å²) < 4.78 is 63.7. The zero-order valence-electron chi connectivity index (χ0n) is 11.4. The molecule has 1 heterocycles. The Labute approximate surface area is 129 Å². The highest BCUT2D eigenvalue weighted by Crippen LogP contribution is 2.34. The maximum absolute atomic E-state index is 13.7. The van der Waals surface area contributed by atoms with Gasteiger partial charge in [0.25, 0.3) is 5.56 Å². The van der Waals surface area contributed by atoms with Gasteiger partial charge in [-0.1, -0.05) is 0 Å². The molecule has 22 heavy (non-hydrogen) atoms. The lowest BCUT2D eigenvalue weighted by Crippen LogP contribution is -2.34. The second kappa shape index (κ2) is 6.35. The molecule has 0 saturated carbocycles. The third-order valence-electron chi connectivity index (χ3n) is 2.70. The number of hydrogen-bond donors (Lipinski definition) is 0. The zero-order chi connectivity index (χ0) is 17.3. The molecule has 1 aromatic heterocycles. The molecular formula is C12H11BrF5NO3. The highest BCUT2D eigenvalue weighted by atomic mass is 79.9. The summed E-state index contributed by atoms with van der Waals surface area (Å²) in [4.78, 5) is 26.2. The summed E-state index contributed by atoms with van der Waals surface area (Å²) in [7, 11) is 0. The number of aromatic nitrogens is 1. The van der Waals surface area contributed by atoms with Crippen molar-refractivity contribution in [1.82, 2.24) is 4.57 Å². The molecule has 1 rings (SSSR count). The Balaban J connectivity index is 3.42. The van der Waals surface area contributed by atoms with Gasteiger partial charge in [-0.25, -0.2) is 9.18 Å². The van der Waals surface area contributed by atoms with Crippen LogP contribution >= 0.6 is 15.9 Å². The molecule has 0 fully saturated rings. The maximum Gasteiger partial charge on any atom is 0.417 e. The van der Waals surface area contributed by atoms with E-state index in [9.17, 15) is 31.7 Å². The molecule has 0 bridgehead atoms. The number of halogens is 6. The average molecular weight is 392 g/mol. The van der Waals surface area contributed by atoms with Gasteiger partial charge in [0, 0.05) is 27.7 Å². The van der Waals surface area contributed by atoms with Crippen LogP contribution in [-0.2, 0) is 15.9 Å². The van der Waals surface area contributed by atoms with Gasteiger partial charge in [-0.3, -0.25) is 14.3 Å². The Hall–Kier alpha value is -1.45. The summed E-state index contributed by atoms with van der Waals surface area (Å²) in [5.41, 5.74) is -4.50. The number of hydrogen-bond acceptors (Lipinski definition) is 3. The lowest BCUT2D eigenvalue weighted by Gasteiger charge is -2.22. The normalized spacial score (nSPS) is 13.8. The number of carbonyl (C=O) groups excluding carboxylic acids is 1. The van der Waals surface area contributed by atoms with Gasteiger partial charge >= 0.3 is 12.1 Å². The highest BCUT2D eigenvalue weighted by molar-refractivity contribution is 9.10. The van der Waals surface area contributed by atoms with Crippen LogP contribution in [0.15, 0.2) is 21.5 Å². The van der Waals surface area contributed by atoms with E-state index in [4.69, 9.17) is 0 Å². The predicted octanol–water partition coefficient (Wildman–Crippen LogP) is 3.74. The minimum atomic E-state index is -4.80. The first kappa shape index (κ1) is 18.6. The van der Waals surface area contributed by atoms with Crippen molar-refractivity contribution in [1.29, 1.82) is 0 Å². The fourth-order valence-electron chi connectivity index (χ4n) is 1.79. The summed E-state index contributed by atoms with van der Waals surface area (Å²) in [5, 5.41) is 0. The van der Waals surface area contributed by atoms with E-state index in [1.54, 1.807) is 0 Å². The first-order valence-corrected chi connectivity index (χ1v) is 6.66. The molecule has 1 atom stereocenters. The standard InChI is InChI=1S/C12H11BrF5NO3/c1-11(2,14)4-8(10(21)22-18)19-5-7(13)6(3-9(19)20)12(15,16)17/h3,5,8H,4H2,1-2H3. The number of nitrogens with zero attached hydrogens (tertiary/aromatic N) is 1. The molecule has 0 radical (unpaired) electrons. The van der Waals surface area contributed by atoms with Gasteiger partial charge in [-0.15, -0.1) is 0 Å². The first-order chi connectivity index (χ1) is 9.86. The van der Waals surface area contributed by atoms with Gasteiger partial charge in [-0.2, -0.15) is 13.2 Å². The van der Waals surface area contributed by atoms with Crippen molar-refractivity contribution < 1.29 is 31.8 Å². The minimum Gasteiger partial charge on any atom is -0.300 e. The molecule has 124 valence electrons. The second-order valence-corrected chi connectivity index (χ2v) is 5.97. The van der Waals surface area contributed by atoms with Gasteiger partial charge in [0.05, 0.1) is 5.56 Å². The van der Waals surface area contributed by atoms with Crippen molar-refractivity contribution in [3.8, 4) is 0 Å². The van der Waals surface area contributed by atoms with E-state index in [-0.39, 0.29) is 6.07 Å². The lowest BCUT2D eigenvalue weighted by atomic mass is 10.0. The fourth-order valence-corrected chi connectivity index (χ4v) is 2.35. The smallest absolute Gasteiger partial charge is 0.300 e. The van der Waals surface area contributed by atoms with Crippen molar-refractivity contribution in [3.63, 3.8) is 0 Å². The van der Waals surface area contributed by atoms with Gasteiger partial charge in [0.15, 0.2) is 0 Å². The Kier molecular flexibility index (Phi) is 5.37. The maximum atomic E-state index is 13.7. The van der Waals surface area contributed by atoms with Gasteiger partial charge in [0.2, 0.25) is 0 Å². The van der Waals surface area contributed by atoms with Crippen LogP contribution in [0.3, 0.4) is 0 Å². The molecule has 0 amide bonds. The van der Waals surface area contributed by atoms with Gasteiger partial charge in [0.1, 0.15) is 11.7 Å². The predicted molar refractivity (Wildman–Crippen MR) is 69.4 cm³/mol. The van der Waals surface area contributed by atoms with Crippen molar-refractivity contribution in [2.45, 2.75) is 38.2 Å². The molecule has 1 aromatic rings. The third-order valence-corrected chi connectivity index (χ3v) is 3.33. The summed E-state index contributed by atoms with van der Waals surface area (Å²) in [6.07, 6.45) is -4.81. The largest absolute Gasteiger partial charge is 0.417 e. The van der Waals surface area contributed by atoms with Gasteiger partial charge < -0.3 is 0 Å². The Morgan fingerprint density at radius 1 is 1.36 bits per heavy atom. The number of pyridine rings is 1. The number of carbonyl (C=O) groups is 1. The van der Waals surface area contributed by atoms with E-state index in [1.165, 1.54) is 0 Å². The van der Waals surface area contributed by atoms with Crippen molar-refractivity contribution in [3.05, 3.63) is 32.7 Å². The first-order valence-electron chi connectivity index (χ1n) is 5.87. The molecule has 0 aliphatic heterocycles. The molecule has 0 saturated heterocycles. The lowest BCUT2D eigenvalue weighted by molar-refractivity contribution is -0.189. The SMILES string of the molecule is CC(C)(F)CC(C(=O)OF)n1cc(Br)c(C(F)(F)F)cc1=O. The molecule has 0 aromatic carbocycles. The van der Waals surface area contributed by atoms with Crippen LogP contribution in [0, 0.1) is 0 Å². The topological polar surface area (TPSA) is 48.3 Å². The highest BCUT2D eigenvalue weighted by Gasteiger charge is 2.36. The summed E-state index contributed by atoms with van der Waals surface area (Å²) in [6, 6.07) is -1.51. The van der Waals surface area contributed by atoms with Crippen molar-refractivity contribution in [2.24, 2.45) is 0 Å². The summed E-state index contributed by atoms with van der Waals surface area (Å²) in [6.45, 7) is 2.13. The van der Waals surface area contributed by atoms with Crippen LogP contribution in [0.5, 0.6) is 0 Å². The van der Waals surface area contributed by atoms with Crippen molar-refractivity contribution >= 4 is 21.9 Å². The minimum absolute atomic E-state index is 0.230. The third kappa shape index (κ3) is 4.52. The number of alkyl halides is 4. The van der Waals surface area contributed by atoms with Crippen LogP contribution < -0.4 is 5.56 Å². The van der Waals surface area contributed by atoms with E-state index in [1.807, 2.05) is 0 Å². The molecule has 0 spiro atoms. The Morgan fingerprint density at radius 2 is 1.91 bits per heavy atom. The van der Waals surface area contributed by atoms with Gasteiger partial charge in [-0.05, 0) is 29.8 Å². The van der Waals surface area contributed by atoms with E-state index < -0.39 is 45.9 Å². The van der Waals surface area contributed by atoms with E-state index in [0.29, 0.717) is 10.8 Å². The van der Waals surface area contributed by atoms with Crippen LogP contribution in [-0.4, -0.2) is 16.2 Å². The summed E-state index contributed by atoms with van der Waals surface area (Å²) in [5.74, 6) is -1.58. The van der Waals surface area contributed by atoms with E-state index >= 15 is 0 Å². The van der Waals surface area contributed by atoms with Crippen LogP contribution in [0.1, 0.15) is 31.9 Å².